The Morgan fingerprint density at radius 2 is 2.00 bits per heavy atom. The van der Waals surface area contributed by atoms with Gasteiger partial charge in [-0.2, -0.15) is 8.78 Å². The molecule has 0 unspecified atom stereocenters. The van der Waals surface area contributed by atoms with Gasteiger partial charge in [-0.05, 0) is 42.8 Å². The number of hydrogen-bond donors (Lipinski definition) is 2. The summed E-state index contributed by atoms with van der Waals surface area (Å²) in [6.07, 6.45) is 1.43. The van der Waals surface area contributed by atoms with Crippen molar-refractivity contribution in [2.75, 3.05) is 11.1 Å². The standard InChI is InChI=1S/C14H13F2N3O2/c1-8-6-10(17)7-18-12(8)19-13(20)9-2-4-11(5-3-9)21-14(15)16/h2-7,14H,17H2,1H3,(H,18,19,20). The van der Waals surface area contributed by atoms with Crippen LogP contribution in [-0.2, 0) is 0 Å². The second-order valence-electron chi connectivity index (χ2n) is 4.29. The molecule has 3 N–H and O–H groups in total. The van der Waals surface area contributed by atoms with Gasteiger partial charge in [-0.1, -0.05) is 0 Å². The summed E-state index contributed by atoms with van der Waals surface area (Å²) in [5.74, 6) is -0.0237. The lowest BCUT2D eigenvalue weighted by Gasteiger charge is -2.09. The lowest BCUT2D eigenvalue weighted by Crippen LogP contribution is -2.14. The maximum Gasteiger partial charge on any atom is 0.387 e. The number of hydrogen-bond acceptors (Lipinski definition) is 4. The van der Waals surface area contributed by atoms with Crippen LogP contribution in [0.1, 0.15) is 15.9 Å². The quantitative estimate of drug-likeness (QED) is 0.908. The average molecular weight is 293 g/mol. The van der Waals surface area contributed by atoms with E-state index in [1.54, 1.807) is 13.0 Å². The lowest BCUT2D eigenvalue weighted by molar-refractivity contribution is -0.0498. The van der Waals surface area contributed by atoms with Crippen LogP contribution in [0.15, 0.2) is 36.5 Å². The molecule has 21 heavy (non-hydrogen) atoms. The summed E-state index contributed by atoms with van der Waals surface area (Å²) in [5.41, 5.74) is 7.10. The third kappa shape index (κ3) is 3.88. The SMILES string of the molecule is Cc1cc(N)cnc1NC(=O)c1ccc(OC(F)F)cc1. The molecular formula is C14H13F2N3O2. The van der Waals surface area contributed by atoms with Gasteiger partial charge in [-0.3, -0.25) is 4.79 Å². The highest BCUT2D eigenvalue weighted by atomic mass is 19.3. The molecule has 0 aliphatic rings. The van der Waals surface area contributed by atoms with Gasteiger partial charge in [0, 0.05) is 5.56 Å². The Balaban J connectivity index is 2.09. The van der Waals surface area contributed by atoms with Gasteiger partial charge >= 0.3 is 6.61 Å². The molecule has 0 radical (unpaired) electrons. The fourth-order valence-corrected chi connectivity index (χ4v) is 1.69. The molecule has 1 amide bonds. The first-order valence-corrected chi connectivity index (χ1v) is 6.04. The fraction of sp³-hybridized carbons (Fsp3) is 0.143. The van der Waals surface area contributed by atoms with E-state index in [1.807, 2.05) is 0 Å². The number of benzene rings is 1. The van der Waals surface area contributed by atoms with Crippen LogP contribution in [0, 0.1) is 6.92 Å². The molecule has 110 valence electrons. The molecule has 1 aromatic heterocycles. The Labute approximate surface area is 119 Å². The molecule has 1 aromatic carbocycles. The average Bonchev–Trinajstić information content (AvgIpc) is 2.42. The molecule has 0 fully saturated rings. The second-order valence-corrected chi connectivity index (χ2v) is 4.29. The molecule has 0 saturated heterocycles. The lowest BCUT2D eigenvalue weighted by atomic mass is 10.2. The van der Waals surface area contributed by atoms with Gasteiger partial charge in [0.05, 0.1) is 11.9 Å². The summed E-state index contributed by atoms with van der Waals surface area (Å²) in [7, 11) is 0. The van der Waals surface area contributed by atoms with Crippen molar-refractivity contribution in [2.24, 2.45) is 0 Å². The van der Waals surface area contributed by atoms with Gasteiger partial charge < -0.3 is 15.8 Å². The third-order valence-electron chi connectivity index (χ3n) is 2.67. The summed E-state index contributed by atoms with van der Waals surface area (Å²) in [6, 6.07) is 7.05. The zero-order chi connectivity index (χ0) is 15.4. The van der Waals surface area contributed by atoms with Gasteiger partial charge in [-0.25, -0.2) is 4.98 Å². The summed E-state index contributed by atoms with van der Waals surface area (Å²) in [4.78, 5) is 16.0. The number of nitrogens with two attached hydrogens (primary N) is 1. The summed E-state index contributed by atoms with van der Waals surface area (Å²) >= 11 is 0. The second kappa shape index (κ2) is 6.17. The largest absolute Gasteiger partial charge is 0.435 e. The van der Waals surface area contributed by atoms with Crippen molar-refractivity contribution in [1.82, 2.24) is 4.98 Å². The number of carbonyl (C=O) groups excluding carboxylic acids is 1. The Hall–Kier alpha value is -2.70. The number of halogens is 2. The Morgan fingerprint density at radius 1 is 1.33 bits per heavy atom. The van der Waals surface area contributed by atoms with Gasteiger partial charge in [0.15, 0.2) is 0 Å². The van der Waals surface area contributed by atoms with Crippen LogP contribution in [0.5, 0.6) is 5.75 Å². The van der Waals surface area contributed by atoms with E-state index in [1.165, 1.54) is 30.5 Å². The number of pyridine rings is 1. The van der Waals surface area contributed by atoms with Crippen molar-refractivity contribution < 1.29 is 18.3 Å². The van der Waals surface area contributed by atoms with E-state index in [0.29, 0.717) is 17.1 Å². The van der Waals surface area contributed by atoms with E-state index in [4.69, 9.17) is 5.73 Å². The zero-order valence-corrected chi connectivity index (χ0v) is 11.1. The normalized spacial score (nSPS) is 10.5. The maximum atomic E-state index is 12.0. The minimum atomic E-state index is -2.90. The molecule has 2 aromatic rings. The maximum absolute atomic E-state index is 12.0. The van der Waals surface area contributed by atoms with Crippen LogP contribution in [0.4, 0.5) is 20.3 Å². The van der Waals surface area contributed by atoms with E-state index < -0.39 is 12.5 Å². The number of aromatic nitrogens is 1. The highest BCUT2D eigenvalue weighted by Gasteiger charge is 2.10. The molecule has 0 atom stereocenters. The topological polar surface area (TPSA) is 77.2 Å². The van der Waals surface area contributed by atoms with Gasteiger partial charge in [-0.15, -0.1) is 0 Å². The first-order chi connectivity index (χ1) is 9.95. The van der Waals surface area contributed by atoms with Crippen molar-refractivity contribution in [1.29, 1.82) is 0 Å². The molecule has 7 heteroatoms. The third-order valence-corrected chi connectivity index (χ3v) is 2.67. The van der Waals surface area contributed by atoms with Gasteiger partial charge in [0.1, 0.15) is 11.6 Å². The van der Waals surface area contributed by atoms with Crippen molar-refractivity contribution in [3.63, 3.8) is 0 Å². The zero-order valence-electron chi connectivity index (χ0n) is 11.1. The number of rotatable bonds is 4. The van der Waals surface area contributed by atoms with Crippen LogP contribution in [0.25, 0.3) is 0 Å². The van der Waals surface area contributed by atoms with E-state index in [9.17, 15) is 13.6 Å². The number of alkyl halides is 2. The minimum absolute atomic E-state index is 0.0108. The highest BCUT2D eigenvalue weighted by Crippen LogP contribution is 2.17. The Kier molecular flexibility index (Phi) is 4.32. The van der Waals surface area contributed by atoms with E-state index in [0.717, 1.165) is 5.56 Å². The minimum Gasteiger partial charge on any atom is -0.435 e. The van der Waals surface area contributed by atoms with E-state index >= 15 is 0 Å². The van der Waals surface area contributed by atoms with Crippen LogP contribution in [-0.4, -0.2) is 17.5 Å². The molecule has 0 spiro atoms. The number of ether oxygens (including phenoxy) is 1. The fourth-order valence-electron chi connectivity index (χ4n) is 1.69. The van der Waals surface area contributed by atoms with Crippen LogP contribution in [0.2, 0.25) is 0 Å². The summed E-state index contributed by atoms with van der Waals surface area (Å²) in [5, 5.41) is 2.62. The Bertz CT molecular complexity index is 645. The molecule has 5 nitrogen and oxygen atoms in total. The first kappa shape index (κ1) is 14.7. The number of nitrogen functional groups attached to an aromatic ring is 1. The predicted octanol–water partition coefficient (Wildman–Crippen LogP) is 2.83. The Morgan fingerprint density at radius 3 is 2.57 bits per heavy atom. The highest BCUT2D eigenvalue weighted by molar-refractivity contribution is 6.04. The molecule has 0 saturated carbocycles. The van der Waals surface area contributed by atoms with Crippen LogP contribution >= 0.6 is 0 Å². The van der Waals surface area contributed by atoms with Crippen molar-refractivity contribution in [3.05, 3.63) is 47.7 Å². The van der Waals surface area contributed by atoms with Crippen molar-refractivity contribution in [3.8, 4) is 5.75 Å². The number of anilines is 2. The smallest absolute Gasteiger partial charge is 0.387 e. The molecule has 0 bridgehead atoms. The van der Waals surface area contributed by atoms with Crippen molar-refractivity contribution >= 4 is 17.4 Å². The molecule has 0 aliphatic heterocycles. The molecule has 2 rings (SSSR count). The van der Waals surface area contributed by atoms with Gasteiger partial charge in [0.25, 0.3) is 5.91 Å². The van der Waals surface area contributed by atoms with Gasteiger partial charge in [0.2, 0.25) is 0 Å². The number of nitrogens with zero attached hydrogens (tertiary/aromatic N) is 1. The van der Waals surface area contributed by atoms with Crippen LogP contribution in [0.3, 0.4) is 0 Å². The van der Waals surface area contributed by atoms with E-state index in [-0.39, 0.29) is 5.75 Å². The number of aryl methyl sites for hydroxylation is 1. The summed E-state index contributed by atoms with van der Waals surface area (Å²) < 4.78 is 28.3. The first-order valence-electron chi connectivity index (χ1n) is 6.04. The van der Waals surface area contributed by atoms with Crippen molar-refractivity contribution in [2.45, 2.75) is 13.5 Å². The number of carbonyl (C=O) groups is 1. The van der Waals surface area contributed by atoms with Crippen LogP contribution < -0.4 is 15.8 Å². The molecular weight excluding hydrogens is 280 g/mol. The van der Waals surface area contributed by atoms with E-state index in [2.05, 4.69) is 15.0 Å². The monoisotopic (exact) mass is 293 g/mol. The summed E-state index contributed by atoms with van der Waals surface area (Å²) in [6.45, 7) is -1.13. The molecule has 0 aliphatic carbocycles. The number of amides is 1. The predicted molar refractivity (Wildman–Crippen MR) is 74.4 cm³/mol. The molecule has 1 heterocycles. The number of nitrogens with one attached hydrogen (secondary N) is 1.